The van der Waals surface area contributed by atoms with Crippen molar-refractivity contribution in [3.05, 3.63) is 35.6 Å². The minimum absolute atomic E-state index is 0.583. The van der Waals surface area contributed by atoms with Gasteiger partial charge < -0.3 is 5.32 Å². The Morgan fingerprint density at radius 2 is 1.16 bits per heavy atom. The monoisotopic (exact) mass is 791 g/mol. The van der Waals surface area contributed by atoms with Crippen LogP contribution < -0.4 is 5.32 Å². The third-order valence-corrected chi connectivity index (χ3v) is 20.8. The first-order chi connectivity index (χ1) is 28.6. The molecule has 324 valence electrons. The highest BCUT2D eigenvalue weighted by atomic mass is 15.2. The lowest BCUT2D eigenvalue weighted by atomic mass is 9.50. The average molecular weight is 791 g/mol. The van der Waals surface area contributed by atoms with Crippen LogP contribution in [0.3, 0.4) is 0 Å². The molecule has 0 aromatic heterocycles. The highest BCUT2D eigenvalue weighted by Crippen LogP contribution is 2.71. The third-order valence-electron chi connectivity index (χ3n) is 20.8. The second-order valence-corrected chi connectivity index (χ2v) is 23.5. The molecule has 0 aromatic rings. The molecule has 2 nitrogen and oxygen atoms in total. The zero-order chi connectivity index (χ0) is 38.9. The van der Waals surface area contributed by atoms with Crippen LogP contribution in [-0.4, -0.2) is 29.1 Å². The summed E-state index contributed by atoms with van der Waals surface area (Å²) in [7, 11) is 0. The lowest BCUT2D eigenvalue weighted by Gasteiger charge is -2.54. The average Bonchev–Trinajstić information content (AvgIpc) is 3.59. The topological polar surface area (TPSA) is 15.3 Å². The maximum absolute atomic E-state index is 4.03. The molecule has 0 bridgehead atoms. The molecule has 10 rings (SSSR count). The molecule has 0 aromatic carbocycles. The molecule has 0 aliphatic heterocycles. The van der Waals surface area contributed by atoms with Crippen molar-refractivity contribution in [2.24, 2.45) is 64.6 Å². The maximum atomic E-state index is 4.03. The van der Waals surface area contributed by atoms with Gasteiger partial charge >= 0.3 is 0 Å². The van der Waals surface area contributed by atoms with E-state index in [4.69, 9.17) is 0 Å². The third kappa shape index (κ3) is 8.29. The van der Waals surface area contributed by atoms with E-state index in [1.807, 2.05) is 0 Å². The number of rotatable bonds is 9. The number of allylic oxidation sites excluding steroid dienone is 5. The smallest absolute Gasteiger partial charge is 0.0258 e. The van der Waals surface area contributed by atoms with E-state index in [0.29, 0.717) is 5.41 Å². The Labute approximate surface area is 358 Å². The molecule has 0 saturated heterocycles. The summed E-state index contributed by atoms with van der Waals surface area (Å²) in [6.07, 6.45) is 61.3. The van der Waals surface area contributed by atoms with Crippen molar-refractivity contribution in [2.45, 2.75) is 249 Å². The highest BCUT2D eigenvalue weighted by Gasteiger charge is 2.64. The van der Waals surface area contributed by atoms with Crippen molar-refractivity contribution in [1.82, 2.24) is 10.2 Å². The van der Waals surface area contributed by atoms with Gasteiger partial charge in [-0.15, -0.1) is 0 Å². The van der Waals surface area contributed by atoms with Gasteiger partial charge in [-0.2, -0.15) is 0 Å². The first kappa shape index (κ1) is 41.0. The fraction of sp³-hybridized carbons (Fsp3) is 0.893. The Morgan fingerprint density at radius 1 is 0.500 bits per heavy atom. The number of hydrogen-bond donors (Lipinski definition) is 1. The molecule has 1 N–H and O–H groups in total. The normalized spacial score (nSPS) is 45.5. The second-order valence-electron chi connectivity index (χ2n) is 23.5. The number of nitrogens with one attached hydrogen (secondary N) is 1. The van der Waals surface area contributed by atoms with Crippen LogP contribution in [0.4, 0.5) is 0 Å². The molecule has 0 amide bonds. The summed E-state index contributed by atoms with van der Waals surface area (Å²) in [4.78, 5) is 3.19. The van der Waals surface area contributed by atoms with E-state index < -0.39 is 0 Å². The van der Waals surface area contributed by atoms with Gasteiger partial charge in [-0.3, -0.25) is 4.90 Å². The van der Waals surface area contributed by atoms with E-state index in [0.717, 1.165) is 83.3 Å². The van der Waals surface area contributed by atoms with E-state index in [9.17, 15) is 0 Å². The zero-order valence-electron chi connectivity index (χ0n) is 37.9. The van der Waals surface area contributed by atoms with Crippen LogP contribution in [0.1, 0.15) is 225 Å². The molecule has 7 saturated carbocycles. The largest absolute Gasteiger partial charge is 0.386 e. The molecule has 0 spiro atoms. The Bertz CT molecular complexity index is 1390. The SMILES string of the molecule is CC1CCCC(N(C2CC=CCC2)C2CCC(C3CC=C(C4(C5CCC(C6CC=C(NC7CCCCC7)CC6)CC5)C5CCCC[C@@H]5C5CCCC[C@@H]54)CC3)CC2)C1. The van der Waals surface area contributed by atoms with E-state index in [1.54, 1.807) is 69.9 Å². The number of nitrogens with zero attached hydrogens (tertiary/aromatic N) is 1. The van der Waals surface area contributed by atoms with Crippen molar-refractivity contribution in [1.29, 1.82) is 0 Å². The van der Waals surface area contributed by atoms with Gasteiger partial charge in [0.1, 0.15) is 0 Å². The van der Waals surface area contributed by atoms with Gasteiger partial charge in [0.05, 0.1) is 0 Å². The molecule has 2 heteroatoms. The van der Waals surface area contributed by atoms with Gasteiger partial charge in [0, 0.05) is 35.3 Å². The van der Waals surface area contributed by atoms with E-state index >= 15 is 0 Å². The molecule has 8 unspecified atom stereocenters. The minimum Gasteiger partial charge on any atom is -0.386 e. The van der Waals surface area contributed by atoms with Gasteiger partial charge in [0.2, 0.25) is 0 Å². The maximum Gasteiger partial charge on any atom is 0.0258 e. The van der Waals surface area contributed by atoms with Crippen LogP contribution in [0.15, 0.2) is 35.6 Å². The number of fused-ring (bicyclic) bond motifs is 3. The van der Waals surface area contributed by atoms with Crippen LogP contribution >= 0.6 is 0 Å². The fourth-order valence-corrected chi connectivity index (χ4v) is 18.3. The van der Waals surface area contributed by atoms with Gasteiger partial charge in [0.15, 0.2) is 0 Å². The predicted octanol–water partition coefficient (Wildman–Crippen LogP) is 15.3. The molecule has 0 heterocycles. The van der Waals surface area contributed by atoms with Crippen molar-refractivity contribution in [3.63, 3.8) is 0 Å². The van der Waals surface area contributed by atoms with Gasteiger partial charge in [-0.25, -0.2) is 0 Å². The first-order valence-electron chi connectivity index (χ1n) is 27.2. The first-order valence-corrected chi connectivity index (χ1v) is 27.2. The molecule has 10 atom stereocenters. The summed E-state index contributed by atoms with van der Waals surface area (Å²) >= 11 is 0. The summed E-state index contributed by atoms with van der Waals surface area (Å²) in [5, 5.41) is 4.03. The van der Waals surface area contributed by atoms with Crippen LogP contribution in [0.5, 0.6) is 0 Å². The highest BCUT2D eigenvalue weighted by molar-refractivity contribution is 5.28. The lowest BCUT2D eigenvalue weighted by molar-refractivity contribution is 0.00424. The molecular formula is C56H90N2. The van der Waals surface area contributed by atoms with Crippen molar-refractivity contribution < 1.29 is 0 Å². The molecule has 7 fully saturated rings. The molecule has 58 heavy (non-hydrogen) atoms. The lowest BCUT2D eigenvalue weighted by Crippen LogP contribution is -2.52. The minimum atomic E-state index is 0.583. The molecule has 10 aliphatic rings. The Hall–Kier alpha value is -1.02. The molecular weight excluding hydrogens is 701 g/mol. The van der Waals surface area contributed by atoms with E-state index in [1.165, 1.54) is 154 Å². The summed E-state index contributed by atoms with van der Waals surface area (Å²) in [5.41, 5.74) is 4.30. The van der Waals surface area contributed by atoms with E-state index in [2.05, 4.69) is 47.0 Å². The zero-order valence-corrected chi connectivity index (χ0v) is 37.9. The molecule has 10 aliphatic carbocycles. The summed E-state index contributed by atoms with van der Waals surface area (Å²) in [6, 6.07) is 3.34. The molecule has 0 radical (unpaired) electrons. The second kappa shape index (κ2) is 18.8. The Morgan fingerprint density at radius 3 is 1.78 bits per heavy atom. The van der Waals surface area contributed by atoms with Gasteiger partial charge in [-0.05, 0) is 220 Å². The van der Waals surface area contributed by atoms with Crippen LogP contribution in [0.2, 0.25) is 0 Å². The Balaban J connectivity index is 0.820. The van der Waals surface area contributed by atoms with Crippen LogP contribution in [-0.2, 0) is 0 Å². The van der Waals surface area contributed by atoms with Gasteiger partial charge in [0.25, 0.3) is 0 Å². The quantitative estimate of drug-likeness (QED) is 0.234. The van der Waals surface area contributed by atoms with Crippen LogP contribution in [0.25, 0.3) is 0 Å². The van der Waals surface area contributed by atoms with Gasteiger partial charge in [-0.1, -0.05) is 94.6 Å². The van der Waals surface area contributed by atoms with Crippen molar-refractivity contribution in [3.8, 4) is 0 Å². The standard InChI is InChI=1S/C56H90N2/c1-40-13-12-18-51(39-40)58(49-16-6-3-7-17-49)50-37-29-44(30-38-50)42-25-33-46(34-26-42)56(54-21-10-8-19-52(54)53-20-9-11-22-55(53)56)45-31-23-41(24-32-45)43-27-35-48(36-28-43)57-47-14-4-2-5-15-47/h3,6,33,35,40-45,47,49-55,57H,2,4-5,7-32,34,36-39H2,1H3/t40?,41?,42?,43?,44?,45?,49?,50?,51?,52-,53?,54?,55+,56?/m1/s1. The van der Waals surface area contributed by atoms with Crippen molar-refractivity contribution >= 4 is 0 Å². The summed E-state index contributed by atoms with van der Waals surface area (Å²) in [5.74, 6) is 10.1. The van der Waals surface area contributed by atoms with Crippen molar-refractivity contribution in [2.75, 3.05) is 0 Å². The Kier molecular flexibility index (Phi) is 13.3. The van der Waals surface area contributed by atoms with Crippen LogP contribution in [0, 0.1) is 64.6 Å². The predicted molar refractivity (Wildman–Crippen MR) is 245 cm³/mol. The van der Waals surface area contributed by atoms with E-state index in [-0.39, 0.29) is 0 Å². The fourth-order valence-electron chi connectivity index (χ4n) is 18.3. The number of hydrogen-bond acceptors (Lipinski definition) is 2. The summed E-state index contributed by atoms with van der Waals surface area (Å²) < 4.78 is 0. The summed E-state index contributed by atoms with van der Waals surface area (Å²) in [6.45, 7) is 2.55.